The van der Waals surface area contributed by atoms with Crippen LogP contribution in [0.2, 0.25) is 4.34 Å². The van der Waals surface area contributed by atoms with Crippen molar-refractivity contribution in [2.75, 3.05) is 6.61 Å². The summed E-state index contributed by atoms with van der Waals surface area (Å²) >= 11 is 6.83. The number of hydrogen-bond acceptors (Lipinski definition) is 4. The number of carbonyl (C=O) groups excluding carboxylic acids is 2. The third-order valence-electron chi connectivity index (χ3n) is 2.50. The Morgan fingerprint density at radius 3 is 2.56 bits per heavy atom. The second-order valence-corrected chi connectivity index (χ2v) is 6.00. The predicted octanol–water partition coefficient (Wildman–Crippen LogP) is 2.72. The first-order valence-corrected chi connectivity index (χ1v) is 6.81. The highest BCUT2D eigenvalue weighted by molar-refractivity contribution is 7.17. The van der Waals surface area contributed by atoms with E-state index in [4.69, 9.17) is 16.3 Å². The summed E-state index contributed by atoms with van der Waals surface area (Å²) in [5.41, 5.74) is 0. The molecule has 0 fully saturated rings. The third-order valence-corrected chi connectivity index (χ3v) is 3.71. The quantitative estimate of drug-likeness (QED) is 0.848. The monoisotopic (exact) mass is 289 g/mol. The highest BCUT2D eigenvalue weighted by Gasteiger charge is 2.14. The number of nitrogens with one attached hydrogen (secondary N) is 1. The zero-order valence-electron chi connectivity index (χ0n) is 10.5. The van der Waals surface area contributed by atoms with Crippen LogP contribution in [-0.4, -0.2) is 24.5 Å². The number of amides is 1. The van der Waals surface area contributed by atoms with Gasteiger partial charge in [0.15, 0.2) is 6.61 Å². The molecule has 0 aliphatic carbocycles. The van der Waals surface area contributed by atoms with Crippen molar-refractivity contribution in [2.24, 2.45) is 5.92 Å². The van der Waals surface area contributed by atoms with E-state index in [2.05, 4.69) is 5.32 Å². The van der Waals surface area contributed by atoms with E-state index in [0.717, 1.165) is 11.3 Å². The molecule has 1 atom stereocenters. The number of esters is 1. The van der Waals surface area contributed by atoms with E-state index >= 15 is 0 Å². The number of ether oxygens (including phenoxy) is 1. The van der Waals surface area contributed by atoms with Crippen molar-refractivity contribution in [1.29, 1.82) is 0 Å². The molecule has 4 nitrogen and oxygen atoms in total. The summed E-state index contributed by atoms with van der Waals surface area (Å²) in [6.45, 7) is 5.64. The molecule has 1 heterocycles. The van der Waals surface area contributed by atoms with Crippen LogP contribution in [-0.2, 0) is 9.53 Å². The first-order chi connectivity index (χ1) is 8.40. The molecule has 0 bridgehead atoms. The van der Waals surface area contributed by atoms with Crippen LogP contribution in [0, 0.1) is 5.92 Å². The maximum absolute atomic E-state index is 11.5. The van der Waals surface area contributed by atoms with Crippen molar-refractivity contribution in [2.45, 2.75) is 26.8 Å². The molecule has 0 unspecified atom stereocenters. The Hall–Kier alpha value is -1.07. The normalized spacial score (nSPS) is 12.3. The van der Waals surface area contributed by atoms with Gasteiger partial charge in [-0.15, -0.1) is 11.3 Å². The molecular formula is C12H16ClNO3S. The molecule has 0 saturated heterocycles. The topological polar surface area (TPSA) is 55.4 Å². The SMILES string of the molecule is CC(C)[C@@H](C)NC(=O)COC(=O)c1ccc(Cl)s1. The minimum Gasteiger partial charge on any atom is -0.451 e. The van der Waals surface area contributed by atoms with Crippen LogP contribution in [0.3, 0.4) is 0 Å². The van der Waals surface area contributed by atoms with Gasteiger partial charge in [0.05, 0.1) is 4.34 Å². The van der Waals surface area contributed by atoms with Crippen molar-refractivity contribution in [3.8, 4) is 0 Å². The predicted molar refractivity (Wildman–Crippen MR) is 72.1 cm³/mol. The van der Waals surface area contributed by atoms with Gasteiger partial charge in [0.1, 0.15) is 4.88 Å². The van der Waals surface area contributed by atoms with Crippen LogP contribution in [0.1, 0.15) is 30.4 Å². The van der Waals surface area contributed by atoms with Crippen LogP contribution in [0.25, 0.3) is 0 Å². The number of carbonyl (C=O) groups is 2. The molecule has 0 radical (unpaired) electrons. The van der Waals surface area contributed by atoms with Gasteiger partial charge in [-0.2, -0.15) is 0 Å². The van der Waals surface area contributed by atoms with Crippen LogP contribution in [0.5, 0.6) is 0 Å². The molecule has 0 spiro atoms. The summed E-state index contributed by atoms with van der Waals surface area (Å²) in [4.78, 5) is 23.4. The maximum Gasteiger partial charge on any atom is 0.348 e. The molecule has 1 amide bonds. The summed E-state index contributed by atoms with van der Waals surface area (Å²) in [7, 11) is 0. The lowest BCUT2D eigenvalue weighted by Gasteiger charge is -2.17. The van der Waals surface area contributed by atoms with Crippen molar-refractivity contribution in [3.05, 3.63) is 21.3 Å². The van der Waals surface area contributed by atoms with Crippen molar-refractivity contribution in [3.63, 3.8) is 0 Å². The summed E-state index contributed by atoms with van der Waals surface area (Å²) in [5.74, 6) is -0.493. The third kappa shape index (κ3) is 4.66. The fraction of sp³-hybridized carbons (Fsp3) is 0.500. The average molecular weight is 290 g/mol. The van der Waals surface area contributed by atoms with Crippen molar-refractivity contribution < 1.29 is 14.3 Å². The highest BCUT2D eigenvalue weighted by Crippen LogP contribution is 2.21. The van der Waals surface area contributed by atoms with Crippen molar-refractivity contribution in [1.82, 2.24) is 5.32 Å². The van der Waals surface area contributed by atoms with Crippen LogP contribution in [0.4, 0.5) is 0 Å². The van der Waals surface area contributed by atoms with Crippen LogP contribution >= 0.6 is 22.9 Å². The van der Waals surface area contributed by atoms with Gasteiger partial charge in [-0.25, -0.2) is 4.79 Å². The average Bonchev–Trinajstić information content (AvgIpc) is 2.72. The molecule has 0 aliphatic rings. The Morgan fingerprint density at radius 1 is 1.39 bits per heavy atom. The Kier molecular flexibility index (Phi) is 5.62. The molecule has 0 aromatic carbocycles. The Labute approximate surface area is 115 Å². The first-order valence-electron chi connectivity index (χ1n) is 5.62. The van der Waals surface area contributed by atoms with E-state index < -0.39 is 5.97 Å². The Morgan fingerprint density at radius 2 is 2.06 bits per heavy atom. The molecule has 1 aromatic heterocycles. The second kappa shape index (κ2) is 6.75. The second-order valence-electron chi connectivity index (χ2n) is 4.28. The first kappa shape index (κ1) is 15.0. The lowest BCUT2D eigenvalue weighted by molar-refractivity contribution is -0.125. The van der Waals surface area contributed by atoms with Crippen molar-refractivity contribution >= 4 is 34.8 Å². The standard InChI is InChI=1S/C12H16ClNO3S/c1-7(2)8(3)14-11(15)6-17-12(16)9-4-5-10(13)18-9/h4-5,7-8H,6H2,1-3H3,(H,14,15)/t8-/m1/s1. The van der Waals surface area contributed by atoms with E-state index in [1.54, 1.807) is 12.1 Å². The van der Waals surface area contributed by atoms with Gasteiger partial charge in [-0.05, 0) is 25.0 Å². The summed E-state index contributed by atoms with van der Waals surface area (Å²) < 4.78 is 5.40. The largest absolute Gasteiger partial charge is 0.451 e. The van der Waals surface area contributed by atoms with Gasteiger partial charge in [-0.1, -0.05) is 25.4 Å². The molecule has 0 saturated carbocycles. The summed E-state index contributed by atoms with van der Waals surface area (Å²) in [6, 6.07) is 3.24. The number of hydrogen-bond donors (Lipinski definition) is 1. The van der Waals surface area contributed by atoms with Crippen LogP contribution in [0.15, 0.2) is 12.1 Å². The maximum atomic E-state index is 11.5. The summed E-state index contributed by atoms with van der Waals surface area (Å²) in [6.07, 6.45) is 0. The van der Waals surface area contributed by atoms with Gasteiger partial charge in [0.2, 0.25) is 0 Å². The lowest BCUT2D eigenvalue weighted by Crippen LogP contribution is -2.38. The van der Waals surface area contributed by atoms with E-state index in [0.29, 0.717) is 15.1 Å². The molecule has 6 heteroatoms. The van der Waals surface area contributed by atoms with E-state index in [9.17, 15) is 9.59 Å². The minimum atomic E-state index is -0.528. The smallest absolute Gasteiger partial charge is 0.348 e. The fourth-order valence-electron chi connectivity index (χ4n) is 1.09. The van der Waals surface area contributed by atoms with Gasteiger partial charge >= 0.3 is 5.97 Å². The van der Waals surface area contributed by atoms with Crippen LogP contribution < -0.4 is 5.32 Å². The molecule has 0 aliphatic heterocycles. The highest BCUT2D eigenvalue weighted by atomic mass is 35.5. The zero-order valence-corrected chi connectivity index (χ0v) is 12.1. The molecule has 1 aromatic rings. The number of thiophene rings is 1. The molecule has 18 heavy (non-hydrogen) atoms. The number of halogens is 1. The van der Waals surface area contributed by atoms with Gasteiger partial charge in [0.25, 0.3) is 5.91 Å². The van der Waals surface area contributed by atoms with E-state index in [1.165, 1.54) is 0 Å². The lowest BCUT2D eigenvalue weighted by atomic mass is 10.1. The Balaban J connectivity index is 2.37. The molecule has 100 valence electrons. The summed E-state index contributed by atoms with van der Waals surface area (Å²) in [5, 5.41) is 2.75. The molecule has 1 rings (SSSR count). The number of rotatable bonds is 5. The zero-order chi connectivity index (χ0) is 13.7. The minimum absolute atomic E-state index is 0.0485. The van der Waals surface area contributed by atoms with Gasteiger partial charge < -0.3 is 10.1 Å². The fourth-order valence-corrected chi connectivity index (χ4v) is 2.03. The van der Waals surface area contributed by atoms with E-state index in [-0.39, 0.29) is 18.6 Å². The van der Waals surface area contributed by atoms with E-state index in [1.807, 2.05) is 20.8 Å². The molecule has 1 N–H and O–H groups in total. The Bertz CT molecular complexity index is 431. The van der Waals surface area contributed by atoms with Gasteiger partial charge in [0, 0.05) is 6.04 Å². The molecular weight excluding hydrogens is 274 g/mol. The van der Waals surface area contributed by atoms with Gasteiger partial charge in [-0.3, -0.25) is 4.79 Å².